The van der Waals surface area contributed by atoms with Gasteiger partial charge in [-0.2, -0.15) is 13.2 Å². The van der Waals surface area contributed by atoms with Crippen LogP contribution in [0.25, 0.3) is 0 Å². The lowest BCUT2D eigenvalue weighted by Gasteiger charge is -2.09. The van der Waals surface area contributed by atoms with E-state index in [4.69, 9.17) is 0 Å². The van der Waals surface area contributed by atoms with Crippen LogP contribution in [0.15, 0.2) is 30.6 Å². The van der Waals surface area contributed by atoms with Gasteiger partial charge in [0.2, 0.25) is 0 Å². The fraction of sp³-hybridized carbons (Fsp3) is 0.308. The average molecular weight is 269 g/mol. The van der Waals surface area contributed by atoms with Crippen LogP contribution < -0.4 is 5.32 Å². The van der Waals surface area contributed by atoms with E-state index in [2.05, 4.69) is 15.3 Å². The molecule has 1 aromatic heterocycles. The topological polar surface area (TPSA) is 40.7 Å². The number of hydrogen-bond donors (Lipinski definition) is 2. The molecule has 0 aliphatic heterocycles. The van der Waals surface area contributed by atoms with Gasteiger partial charge in [0.15, 0.2) is 0 Å². The summed E-state index contributed by atoms with van der Waals surface area (Å²) in [6.45, 7) is 2.79. The SMILES string of the molecule is Cc1[nH]cnc1CNCc1cccc(C(F)(F)F)c1. The number of aryl methyl sites for hydroxylation is 1. The van der Waals surface area contributed by atoms with Crippen molar-refractivity contribution in [3.63, 3.8) is 0 Å². The van der Waals surface area contributed by atoms with Gasteiger partial charge in [0.1, 0.15) is 0 Å². The molecule has 2 rings (SSSR count). The molecule has 102 valence electrons. The molecule has 0 radical (unpaired) electrons. The Balaban J connectivity index is 1.95. The van der Waals surface area contributed by atoms with Crippen molar-refractivity contribution in [3.05, 3.63) is 53.1 Å². The van der Waals surface area contributed by atoms with Crippen LogP contribution in [0.4, 0.5) is 13.2 Å². The van der Waals surface area contributed by atoms with Gasteiger partial charge in [-0.15, -0.1) is 0 Å². The summed E-state index contributed by atoms with van der Waals surface area (Å²) in [6.07, 6.45) is -2.70. The van der Waals surface area contributed by atoms with Gasteiger partial charge in [-0.3, -0.25) is 0 Å². The largest absolute Gasteiger partial charge is 0.416 e. The van der Waals surface area contributed by atoms with Crippen LogP contribution in [-0.4, -0.2) is 9.97 Å². The fourth-order valence-electron chi connectivity index (χ4n) is 1.75. The number of rotatable bonds is 4. The first-order chi connectivity index (χ1) is 8.97. The van der Waals surface area contributed by atoms with Crippen molar-refractivity contribution in [1.82, 2.24) is 15.3 Å². The number of nitrogens with zero attached hydrogens (tertiary/aromatic N) is 1. The summed E-state index contributed by atoms with van der Waals surface area (Å²) in [7, 11) is 0. The Labute approximate surface area is 108 Å². The summed E-state index contributed by atoms with van der Waals surface area (Å²) in [5.41, 5.74) is 1.80. The summed E-state index contributed by atoms with van der Waals surface area (Å²) in [4.78, 5) is 7.05. The van der Waals surface area contributed by atoms with Gasteiger partial charge in [0.25, 0.3) is 0 Å². The summed E-state index contributed by atoms with van der Waals surface area (Å²) >= 11 is 0. The summed E-state index contributed by atoms with van der Waals surface area (Å²) in [5.74, 6) is 0. The van der Waals surface area contributed by atoms with Crippen LogP contribution >= 0.6 is 0 Å². The molecule has 0 amide bonds. The lowest BCUT2D eigenvalue weighted by molar-refractivity contribution is -0.137. The standard InChI is InChI=1S/C13H14F3N3/c1-9-12(19-8-18-9)7-17-6-10-3-2-4-11(5-10)13(14,15)16/h2-5,8,17H,6-7H2,1H3,(H,18,19). The van der Waals surface area contributed by atoms with Gasteiger partial charge < -0.3 is 10.3 Å². The number of imidazole rings is 1. The fourth-order valence-corrected chi connectivity index (χ4v) is 1.75. The summed E-state index contributed by atoms with van der Waals surface area (Å²) in [5, 5.41) is 3.07. The minimum atomic E-state index is -4.30. The molecule has 2 aromatic rings. The molecule has 2 N–H and O–H groups in total. The van der Waals surface area contributed by atoms with Crippen molar-refractivity contribution >= 4 is 0 Å². The van der Waals surface area contributed by atoms with Crippen LogP contribution in [0, 0.1) is 6.92 Å². The van der Waals surface area contributed by atoms with E-state index in [1.807, 2.05) is 6.92 Å². The molecule has 0 fully saturated rings. The zero-order valence-electron chi connectivity index (χ0n) is 10.4. The van der Waals surface area contributed by atoms with Crippen LogP contribution in [0.2, 0.25) is 0 Å². The third kappa shape index (κ3) is 3.57. The monoisotopic (exact) mass is 269 g/mol. The van der Waals surface area contributed by atoms with Crippen molar-refractivity contribution in [2.75, 3.05) is 0 Å². The molecule has 0 spiro atoms. The van der Waals surface area contributed by atoms with Gasteiger partial charge in [-0.25, -0.2) is 4.98 Å². The van der Waals surface area contributed by atoms with Crippen LogP contribution in [0.5, 0.6) is 0 Å². The maximum absolute atomic E-state index is 12.5. The number of halogens is 3. The minimum absolute atomic E-state index is 0.371. The number of aromatic nitrogens is 2. The van der Waals surface area contributed by atoms with E-state index in [0.717, 1.165) is 23.5 Å². The average Bonchev–Trinajstić information content (AvgIpc) is 2.75. The van der Waals surface area contributed by atoms with Crippen molar-refractivity contribution in [3.8, 4) is 0 Å². The molecule has 3 nitrogen and oxygen atoms in total. The van der Waals surface area contributed by atoms with E-state index in [1.165, 1.54) is 6.07 Å². The Morgan fingerprint density at radius 1 is 1.26 bits per heavy atom. The number of aromatic amines is 1. The first kappa shape index (κ1) is 13.6. The number of benzene rings is 1. The molecular formula is C13H14F3N3. The van der Waals surface area contributed by atoms with Gasteiger partial charge in [0.05, 0.1) is 17.6 Å². The van der Waals surface area contributed by atoms with E-state index in [-0.39, 0.29) is 0 Å². The number of hydrogen-bond acceptors (Lipinski definition) is 2. The Kier molecular flexibility index (Phi) is 3.90. The minimum Gasteiger partial charge on any atom is -0.348 e. The van der Waals surface area contributed by atoms with E-state index in [9.17, 15) is 13.2 Å². The second kappa shape index (κ2) is 5.44. The highest BCUT2D eigenvalue weighted by Crippen LogP contribution is 2.29. The van der Waals surface area contributed by atoms with E-state index < -0.39 is 11.7 Å². The highest BCUT2D eigenvalue weighted by atomic mass is 19.4. The second-order valence-corrected chi connectivity index (χ2v) is 4.28. The molecular weight excluding hydrogens is 255 g/mol. The Morgan fingerprint density at radius 3 is 2.68 bits per heavy atom. The Bertz CT molecular complexity index is 546. The lowest BCUT2D eigenvalue weighted by Crippen LogP contribution is -2.14. The highest BCUT2D eigenvalue weighted by Gasteiger charge is 2.30. The van der Waals surface area contributed by atoms with Crippen molar-refractivity contribution in [2.24, 2.45) is 0 Å². The molecule has 1 heterocycles. The molecule has 0 bridgehead atoms. The maximum Gasteiger partial charge on any atom is 0.416 e. The summed E-state index contributed by atoms with van der Waals surface area (Å²) < 4.78 is 37.6. The first-order valence-corrected chi connectivity index (χ1v) is 5.82. The van der Waals surface area contributed by atoms with Crippen molar-refractivity contribution in [2.45, 2.75) is 26.2 Å². The first-order valence-electron chi connectivity index (χ1n) is 5.82. The highest BCUT2D eigenvalue weighted by molar-refractivity contribution is 5.25. The third-order valence-electron chi connectivity index (χ3n) is 2.81. The van der Waals surface area contributed by atoms with E-state index in [1.54, 1.807) is 12.4 Å². The van der Waals surface area contributed by atoms with Gasteiger partial charge in [-0.1, -0.05) is 18.2 Å². The third-order valence-corrected chi connectivity index (χ3v) is 2.81. The van der Waals surface area contributed by atoms with Crippen molar-refractivity contribution < 1.29 is 13.2 Å². The molecule has 1 aromatic carbocycles. The Hall–Kier alpha value is -1.82. The number of alkyl halides is 3. The van der Waals surface area contributed by atoms with Crippen LogP contribution in [0.1, 0.15) is 22.5 Å². The summed E-state index contributed by atoms with van der Waals surface area (Å²) in [6, 6.07) is 5.31. The Morgan fingerprint density at radius 2 is 2.05 bits per heavy atom. The second-order valence-electron chi connectivity index (χ2n) is 4.28. The molecule has 0 saturated heterocycles. The molecule has 0 saturated carbocycles. The quantitative estimate of drug-likeness (QED) is 0.895. The number of nitrogens with one attached hydrogen (secondary N) is 2. The normalized spacial score (nSPS) is 11.8. The smallest absolute Gasteiger partial charge is 0.348 e. The molecule has 0 atom stereocenters. The van der Waals surface area contributed by atoms with Crippen molar-refractivity contribution in [1.29, 1.82) is 0 Å². The van der Waals surface area contributed by atoms with Crippen LogP contribution in [-0.2, 0) is 19.3 Å². The number of H-pyrrole nitrogens is 1. The zero-order valence-corrected chi connectivity index (χ0v) is 10.4. The van der Waals surface area contributed by atoms with Gasteiger partial charge in [-0.05, 0) is 18.6 Å². The maximum atomic E-state index is 12.5. The van der Waals surface area contributed by atoms with E-state index >= 15 is 0 Å². The molecule has 0 aliphatic rings. The van der Waals surface area contributed by atoms with Gasteiger partial charge >= 0.3 is 6.18 Å². The van der Waals surface area contributed by atoms with Crippen LogP contribution in [0.3, 0.4) is 0 Å². The zero-order chi connectivity index (χ0) is 13.9. The lowest BCUT2D eigenvalue weighted by atomic mass is 10.1. The molecule has 0 aliphatic carbocycles. The predicted molar refractivity (Wildman–Crippen MR) is 65.3 cm³/mol. The molecule has 6 heteroatoms. The molecule has 0 unspecified atom stereocenters. The molecule has 19 heavy (non-hydrogen) atoms. The van der Waals surface area contributed by atoms with Gasteiger partial charge in [0, 0.05) is 18.8 Å². The van der Waals surface area contributed by atoms with E-state index in [0.29, 0.717) is 18.7 Å². The predicted octanol–water partition coefficient (Wildman–Crippen LogP) is 3.03.